The summed E-state index contributed by atoms with van der Waals surface area (Å²) in [5.74, 6) is -0.805. The van der Waals surface area contributed by atoms with Gasteiger partial charge in [-0.05, 0) is 6.07 Å². The predicted molar refractivity (Wildman–Crippen MR) is 59.6 cm³/mol. The van der Waals surface area contributed by atoms with Crippen LogP contribution >= 0.6 is 0 Å². The molecular weight excluding hydrogens is 222 g/mol. The second-order valence-electron chi connectivity index (χ2n) is 3.39. The SMILES string of the molecule is COC(=O)CC(C#N)c1ccc(OC)cc1O. The highest BCUT2D eigenvalue weighted by Crippen LogP contribution is 2.31. The summed E-state index contributed by atoms with van der Waals surface area (Å²) >= 11 is 0. The molecule has 1 rings (SSSR count). The van der Waals surface area contributed by atoms with Gasteiger partial charge in [0, 0.05) is 11.6 Å². The van der Waals surface area contributed by atoms with Crippen molar-refractivity contribution >= 4 is 5.97 Å². The van der Waals surface area contributed by atoms with Crippen molar-refractivity contribution in [3.8, 4) is 17.6 Å². The number of carbonyl (C=O) groups is 1. The third kappa shape index (κ3) is 3.11. The van der Waals surface area contributed by atoms with Gasteiger partial charge in [0.05, 0.1) is 32.6 Å². The van der Waals surface area contributed by atoms with Crippen LogP contribution in [0.2, 0.25) is 0 Å². The molecule has 1 unspecified atom stereocenters. The van der Waals surface area contributed by atoms with E-state index in [4.69, 9.17) is 10.00 Å². The van der Waals surface area contributed by atoms with Crippen LogP contribution in [0.3, 0.4) is 0 Å². The Balaban J connectivity index is 2.97. The number of phenols is 1. The van der Waals surface area contributed by atoms with E-state index < -0.39 is 11.9 Å². The van der Waals surface area contributed by atoms with Crippen molar-refractivity contribution in [2.24, 2.45) is 0 Å². The average Bonchev–Trinajstić information content (AvgIpc) is 2.35. The molecule has 0 fully saturated rings. The molecule has 0 heterocycles. The fraction of sp³-hybridized carbons (Fsp3) is 0.333. The third-order valence-electron chi connectivity index (χ3n) is 2.37. The maximum Gasteiger partial charge on any atom is 0.307 e. The number of carbonyl (C=O) groups excluding carboxylic acids is 1. The van der Waals surface area contributed by atoms with Crippen molar-refractivity contribution in [2.45, 2.75) is 12.3 Å². The van der Waals surface area contributed by atoms with E-state index in [0.717, 1.165) is 0 Å². The fourth-order valence-corrected chi connectivity index (χ4v) is 1.42. The normalized spacial score (nSPS) is 11.4. The molecular formula is C12H13NO4. The highest BCUT2D eigenvalue weighted by molar-refractivity contribution is 5.71. The van der Waals surface area contributed by atoms with E-state index in [2.05, 4.69) is 4.74 Å². The molecule has 0 saturated carbocycles. The Morgan fingerprint density at radius 2 is 2.24 bits per heavy atom. The molecule has 90 valence electrons. The lowest BCUT2D eigenvalue weighted by Crippen LogP contribution is -2.07. The lowest BCUT2D eigenvalue weighted by atomic mass is 9.96. The lowest BCUT2D eigenvalue weighted by Gasteiger charge is -2.11. The summed E-state index contributed by atoms with van der Waals surface area (Å²) in [4.78, 5) is 11.1. The van der Waals surface area contributed by atoms with E-state index >= 15 is 0 Å². The molecule has 17 heavy (non-hydrogen) atoms. The minimum Gasteiger partial charge on any atom is -0.507 e. The Kier molecular flexibility index (Phi) is 4.35. The van der Waals surface area contributed by atoms with E-state index in [1.807, 2.05) is 6.07 Å². The Labute approximate surface area is 99.2 Å². The summed E-state index contributed by atoms with van der Waals surface area (Å²) in [6.07, 6.45) is -0.0904. The maximum absolute atomic E-state index is 11.1. The zero-order valence-corrected chi connectivity index (χ0v) is 9.64. The first-order valence-electron chi connectivity index (χ1n) is 4.95. The van der Waals surface area contributed by atoms with Crippen molar-refractivity contribution in [2.75, 3.05) is 14.2 Å². The minimum atomic E-state index is -0.728. The quantitative estimate of drug-likeness (QED) is 0.801. The Bertz CT molecular complexity index is 450. The van der Waals surface area contributed by atoms with Gasteiger partial charge in [0.1, 0.15) is 11.5 Å². The van der Waals surface area contributed by atoms with E-state index in [1.165, 1.54) is 20.3 Å². The predicted octanol–water partition coefficient (Wildman–Crippen LogP) is 1.57. The maximum atomic E-state index is 11.1. The Hall–Kier alpha value is -2.22. The molecule has 1 aromatic rings. The number of nitrogens with zero attached hydrogens (tertiary/aromatic N) is 1. The number of hydrogen-bond donors (Lipinski definition) is 1. The van der Waals surface area contributed by atoms with Crippen LogP contribution in [0, 0.1) is 11.3 Å². The zero-order chi connectivity index (χ0) is 12.8. The molecule has 0 amide bonds. The number of methoxy groups -OCH3 is 2. The number of nitriles is 1. The first-order valence-corrected chi connectivity index (χ1v) is 4.95. The van der Waals surface area contributed by atoms with Gasteiger partial charge in [-0.15, -0.1) is 0 Å². The molecule has 0 radical (unpaired) electrons. The summed E-state index contributed by atoms with van der Waals surface area (Å²) in [6, 6.07) is 6.54. The van der Waals surface area contributed by atoms with E-state index in [-0.39, 0.29) is 12.2 Å². The van der Waals surface area contributed by atoms with Crippen molar-refractivity contribution in [1.82, 2.24) is 0 Å². The number of aromatic hydroxyl groups is 1. The second kappa shape index (κ2) is 5.75. The fourth-order valence-electron chi connectivity index (χ4n) is 1.42. The summed E-state index contributed by atoms with van der Waals surface area (Å²) in [7, 11) is 2.73. The summed E-state index contributed by atoms with van der Waals surface area (Å²) < 4.78 is 9.42. The number of benzene rings is 1. The molecule has 1 N–H and O–H groups in total. The molecule has 1 atom stereocenters. The molecule has 1 aromatic carbocycles. The molecule has 5 nitrogen and oxygen atoms in total. The van der Waals surface area contributed by atoms with Crippen molar-refractivity contribution in [3.05, 3.63) is 23.8 Å². The van der Waals surface area contributed by atoms with Gasteiger partial charge in [0.2, 0.25) is 0 Å². The number of phenolic OH excluding ortho intramolecular Hbond substituents is 1. The van der Waals surface area contributed by atoms with Crippen LogP contribution in [0.4, 0.5) is 0 Å². The van der Waals surface area contributed by atoms with Gasteiger partial charge in [-0.25, -0.2) is 0 Å². The Morgan fingerprint density at radius 1 is 1.53 bits per heavy atom. The smallest absolute Gasteiger partial charge is 0.307 e. The zero-order valence-electron chi connectivity index (χ0n) is 9.64. The van der Waals surface area contributed by atoms with Gasteiger partial charge in [-0.2, -0.15) is 5.26 Å². The van der Waals surface area contributed by atoms with Crippen LogP contribution in [0.25, 0.3) is 0 Å². The molecule has 0 aliphatic rings. The van der Waals surface area contributed by atoms with E-state index in [1.54, 1.807) is 12.1 Å². The molecule has 0 aromatic heterocycles. The molecule has 0 spiro atoms. The van der Waals surface area contributed by atoms with Crippen LogP contribution < -0.4 is 4.74 Å². The van der Waals surface area contributed by atoms with Crippen LogP contribution in [0.15, 0.2) is 18.2 Å². The van der Waals surface area contributed by atoms with Gasteiger partial charge in [0.25, 0.3) is 0 Å². The number of rotatable bonds is 4. The molecule has 5 heteroatoms. The molecule has 0 bridgehead atoms. The second-order valence-corrected chi connectivity index (χ2v) is 3.39. The monoisotopic (exact) mass is 235 g/mol. The van der Waals surface area contributed by atoms with Gasteiger partial charge >= 0.3 is 5.97 Å². The number of ether oxygens (including phenoxy) is 2. The molecule has 0 aliphatic heterocycles. The van der Waals surface area contributed by atoms with Crippen molar-refractivity contribution in [1.29, 1.82) is 5.26 Å². The van der Waals surface area contributed by atoms with Gasteiger partial charge in [0.15, 0.2) is 0 Å². The summed E-state index contributed by atoms with van der Waals surface area (Å²) in [5.41, 5.74) is 0.388. The number of esters is 1. The van der Waals surface area contributed by atoms with Crippen LogP contribution in [0.1, 0.15) is 17.9 Å². The van der Waals surface area contributed by atoms with Gasteiger partial charge < -0.3 is 14.6 Å². The third-order valence-corrected chi connectivity index (χ3v) is 2.37. The van der Waals surface area contributed by atoms with Crippen molar-refractivity contribution < 1.29 is 19.4 Å². The highest BCUT2D eigenvalue weighted by atomic mass is 16.5. The van der Waals surface area contributed by atoms with E-state index in [9.17, 15) is 9.90 Å². The van der Waals surface area contributed by atoms with Gasteiger partial charge in [-0.1, -0.05) is 6.07 Å². The Morgan fingerprint density at radius 3 is 2.71 bits per heavy atom. The van der Waals surface area contributed by atoms with Gasteiger partial charge in [-0.3, -0.25) is 4.79 Å². The lowest BCUT2D eigenvalue weighted by molar-refractivity contribution is -0.140. The topological polar surface area (TPSA) is 79.6 Å². The highest BCUT2D eigenvalue weighted by Gasteiger charge is 2.19. The average molecular weight is 235 g/mol. The largest absolute Gasteiger partial charge is 0.507 e. The summed E-state index contributed by atoms with van der Waals surface area (Å²) in [6.45, 7) is 0. The molecule has 0 aliphatic carbocycles. The molecule has 0 saturated heterocycles. The first-order chi connectivity index (χ1) is 8.12. The van der Waals surface area contributed by atoms with E-state index in [0.29, 0.717) is 11.3 Å². The standard InChI is InChI=1S/C12H13NO4/c1-16-9-3-4-10(11(14)6-9)8(7-13)5-12(15)17-2/h3-4,6,8,14H,5H2,1-2H3. The van der Waals surface area contributed by atoms with Crippen LogP contribution in [-0.2, 0) is 9.53 Å². The van der Waals surface area contributed by atoms with Crippen molar-refractivity contribution in [3.63, 3.8) is 0 Å². The first kappa shape index (κ1) is 12.8. The van der Waals surface area contributed by atoms with Crippen LogP contribution in [-0.4, -0.2) is 25.3 Å². The minimum absolute atomic E-state index is 0.0696. The number of hydrogen-bond acceptors (Lipinski definition) is 5. The van der Waals surface area contributed by atoms with Crippen LogP contribution in [0.5, 0.6) is 11.5 Å². The summed E-state index contributed by atoms with van der Waals surface area (Å²) in [5, 5.41) is 18.7.